The number of methoxy groups -OCH3 is 1. The molecule has 7 nitrogen and oxygen atoms in total. The van der Waals surface area contributed by atoms with Crippen molar-refractivity contribution in [2.24, 2.45) is 5.92 Å². The number of carbonyl (C=O) groups is 2. The third kappa shape index (κ3) is 2.98. The third-order valence-electron chi connectivity index (χ3n) is 4.36. The monoisotopic (exact) mass is 331 g/mol. The van der Waals surface area contributed by atoms with Crippen LogP contribution in [0.2, 0.25) is 0 Å². The number of aryl methyl sites for hydroxylation is 1. The van der Waals surface area contributed by atoms with E-state index < -0.39 is 5.92 Å². The molecule has 2 aromatic heterocycles. The Bertz CT molecular complexity index is 794. The lowest BCUT2D eigenvalue weighted by Gasteiger charge is -2.21. The first kappa shape index (κ1) is 16.4. The van der Waals surface area contributed by atoms with Crippen LogP contribution in [0.4, 0.5) is 0 Å². The Kier molecular flexibility index (Phi) is 4.26. The van der Waals surface area contributed by atoms with Gasteiger partial charge in [-0.25, -0.2) is 4.98 Å². The lowest BCUT2D eigenvalue weighted by atomic mass is 10.1. The van der Waals surface area contributed by atoms with Crippen LogP contribution in [0.3, 0.4) is 0 Å². The lowest BCUT2D eigenvalue weighted by molar-refractivity contribution is -0.145. The lowest BCUT2D eigenvalue weighted by Crippen LogP contribution is -2.34. The van der Waals surface area contributed by atoms with Crippen LogP contribution in [0.25, 0.3) is 11.1 Å². The van der Waals surface area contributed by atoms with Crippen molar-refractivity contribution in [3.05, 3.63) is 23.0 Å². The number of nitrogens with zero attached hydrogens (tertiary/aromatic N) is 3. The van der Waals surface area contributed by atoms with Gasteiger partial charge in [0.25, 0.3) is 11.6 Å². The Morgan fingerprint density at radius 2 is 2.17 bits per heavy atom. The predicted octanol–water partition coefficient (Wildman–Crippen LogP) is 2.29. The van der Waals surface area contributed by atoms with Gasteiger partial charge in [-0.3, -0.25) is 9.59 Å². The zero-order valence-electron chi connectivity index (χ0n) is 14.3. The van der Waals surface area contributed by atoms with E-state index in [1.54, 1.807) is 20.9 Å². The number of amides is 1. The number of hydrogen-bond donors (Lipinski definition) is 0. The van der Waals surface area contributed by atoms with Crippen LogP contribution in [0, 0.1) is 12.8 Å². The Labute approximate surface area is 140 Å². The summed E-state index contributed by atoms with van der Waals surface area (Å²) in [5.41, 5.74) is 2.43. The molecule has 2 aromatic rings. The molecule has 3 rings (SSSR count). The van der Waals surface area contributed by atoms with Crippen molar-refractivity contribution in [3.8, 4) is 0 Å². The molecule has 128 valence electrons. The fourth-order valence-corrected chi connectivity index (χ4v) is 2.85. The Morgan fingerprint density at radius 3 is 2.79 bits per heavy atom. The summed E-state index contributed by atoms with van der Waals surface area (Å²) in [6.45, 7) is 3.80. The van der Waals surface area contributed by atoms with Crippen molar-refractivity contribution in [2.75, 3.05) is 20.7 Å². The summed E-state index contributed by atoms with van der Waals surface area (Å²) >= 11 is 0. The minimum atomic E-state index is -0.396. The summed E-state index contributed by atoms with van der Waals surface area (Å²) in [5, 5.41) is 4.58. The SMILES string of the molecule is COC(=O)C(C)CN(C)C(=O)c1cc(C2CC2)nc2onc(C)c12. The first-order chi connectivity index (χ1) is 11.4. The molecular formula is C17H21N3O4. The number of carbonyl (C=O) groups excluding carboxylic acids is 2. The van der Waals surface area contributed by atoms with Gasteiger partial charge in [0.2, 0.25) is 0 Å². The van der Waals surface area contributed by atoms with Crippen LogP contribution >= 0.6 is 0 Å². The Hall–Kier alpha value is -2.44. The van der Waals surface area contributed by atoms with Crippen LogP contribution in [0.15, 0.2) is 10.6 Å². The summed E-state index contributed by atoms with van der Waals surface area (Å²) in [5.74, 6) is -0.515. The van der Waals surface area contributed by atoms with E-state index in [4.69, 9.17) is 9.26 Å². The maximum Gasteiger partial charge on any atom is 0.310 e. The second kappa shape index (κ2) is 6.22. The number of rotatable bonds is 5. The van der Waals surface area contributed by atoms with E-state index in [1.807, 2.05) is 6.07 Å². The normalized spacial score (nSPS) is 15.3. The average molecular weight is 331 g/mol. The van der Waals surface area contributed by atoms with E-state index in [0.717, 1.165) is 18.5 Å². The van der Waals surface area contributed by atoms with Crippen molar-refractivity contribution < 1.29 is 18.8 Å². The highest BCUT2D eigenvalue weighted by Crippen LogP contribution is 2.40. The van der Waals surface area contributed by atoms with Gasteiger partial charge in [0, 0.05) is 25.2 Å². The smallest absolute Gasteiger partial charge is 0.310 e. The van der Waals surface area contributed by atoms with Gasteiger partial charge in [0.1, 0.15) is 0 Å². The molecule has 24 heavy (non-hydrogen) atoms. The Balaban J connectivity index is 1.93. The summed E-state index contributed by atoms with van der Waals surface area (Å²) in [7, 11) is 3.02. The molecule has 0 aromatic carbocycles. The van der Waals surface area contributed by atoms with Crippen LogP contribution in [0.5, 0.6) is 0 Å². The quantitative estimate of drug-likeness (QED) is 0.781. The second-order valence-corrected chi connectivity index (χ2v) is 6.43. The molecular weight excluding hydrogens is 310 g/mol. The van der Waals surface area contributed by atoms with E-state index in [1.165, 1.54) is 12.0 Å². The van der Waals surface area contributed by atoms with E-state index >= 15 is 0 Å². The molecule has 1 fully saturated rings. The minimum absolute atomic E-state index is 0.175. The molecule has 1 amide bonds. The molecule has 1 unspecified atom stereocenters. The van der Waals surface area contributed by atoms with Gasteiger partial charge in [-0.2, -0.15) is 0 Å². The number of hydrogen-bond acceptors (Lipinski definition) is 6. The van der Waals surface area contributed by atoms with Gasteiger partial charge in [-0.05, 0) is 25.8 Å². The maximum absolute atomic E-state index is 12.9. The predicted molar refractivity (Wildman–Crippen MR) is 86.7 cm³/mol. The number of esters is 1. The number of ether oxygens (including phenoxy) is 1. The molecule has 0 radical (unpaired) electrons. The zero-order chi connectivity index (χ0) is 17.4. The van der Waals surface area contributed by atoms with Gasteiger partial charge >= 0.3 is 5.97 Å². The van der Waals surface area contributed by atoms with Crippen LogP contribution in [-0.2, 0) is 9.53 Å². The average Bonchev–Trinajstić information content (AvgIpc) is 3.36. The molecule has 1 atom stereocenters. The molecule has 0 N–H and O–H groups in total. The maximum atomic E-state index is 12.9. The van der Waals surface area contributed by atoms with Crippen LogP contribution < -0.4 is 0 Å². The third-order valence-corrected chi connectivity index (χ3v) is 4.36. The van der Waals surface area contributed by atoms with E-state index in [-0.39, 0.29) is 18.4 Å². The van der Waals surface area contributed by atoms with Gasteiger partial charge in [0.05, 0.1) is 29.7 Å². The van der Waals surface area contributed by atoms with Gasteiger partial charge < -0.3 is 14.2 Å². The summed E-state index contributed by atoms with van der Waals surface area (Å²) in [6, 6.07) is 1.84. The Morgan fingerprint density at radius 1 is 1.46 bits per heavy atom. The molecule has 0 spiro atoms. The second-order valence-electron chi connectivity index (χ2n) is 6.43. The fraction of sp³-hybridized carbons (Fsp3) is 0.529. The molecule has 0 saturated heterocycles. The number of fused-ring (bicyclic) bond motifs is 1. The first-order valence-electron chi connectivity index (χ1n) is 8.02. The highest BCUT2D eigenvalue weighted by molar-refractivity contribution is 6.06. The summed E-state index contributed by atoms with van der Waals surface area (Å²) < 4.78 is 9.99. The summed E-state index contributed by atoms with van der Waals surface area (Å²) in [6.07, 6.45) is 2.16. The van der Waals surface area contributed by atoms with Crippen molar-refractivity contribution in [3.63, 3.8) is 0 Å². The topological polar surface area (TPSA) is 85.5 Å². The fourth-order valence-electron chi connectivity index (χ4n) is 2.85. The minimum Gasteiger partial charge on any atom is -0.469 e. The number of aromatic nitrogens is 2. The van der Waals surface area contributed by atoms with E-state index in [0.29, 0.717) is 28.3 Å². The number of pyridine rings is 1. The largest absolute Gasteiger partial charge is 0.469 e. The molecule has 1 saturated carbocycles. The van der Waals surface area contributed by atoms with Crippen molar-refractivity contribution in [2.45, 2.75) is 32.6 Å². The highest BCUT2D eigenvalue weighted by atomic mass is 16.5. The molecule has 0 bridgehead atoms. The highest BCUT2D eigenvalue weighted by Gasteiger charge is 2.30. The van der Waals surface area contributed by atoms with Crippen LogP contribution in [0.1, 0.15) is 47.4 Å². The van der Waals surface area contributed by atoms with Gasteiger partial charge in [0.15, 0.2) is 0 Å². The van der Waals surface area contributed by atoms with Crippen molar-refractivity contribution in [1.29, 1.82) is 0 Å². The molecule has 2 heterocycles. The molecule has 7 heteroatoms. The van der Waals surface area contributed by atoms with Gasteiger partial charge in [-0.15, -0.1) is 0 Å². The molecule has 1 aliphatic carbocycles. The van der Waals surface area contributed by atoms with Crippen LogP contribution in [-0.4, -0.2) is 47.6 Å². The van der Waals surface area contributed by atoms with Crippen molar-refractivity contribution >= 4 is 23.0 Å². The standard InChI is InChI=1S/C17H21N3O4/c1-9(17(22)23-4)8-20(3)16(21)12-7-13(11-5-6-11)18-15-14(12)10(2)19-24-15/h7,9,11H,5-6,8H2,1-4H3. The zero-order valence-corrected chi connectivity index (χ0v) is 14.3. The summed E-state index contributed by atoms with van der Waals surface area (Å²) in [4.78, 5) is 30.5. The van der Waals surface area contributed by atoms with Gasteiger partial charge in [-0.1, -0.05) is 12.1 Å². The van der Waals surface area contributed by atoms with Crippen molar-refractivity contribution in [1.82, 2.24) is 15.0 Å². The first-order valence-corrected chi connectivity index (χ1v) is 8.02. The van der Waals surface area contributed by atoms with E-state index in [2.05, 4.69) is 10.1 Å². The molecule has 1 aliphatic rings. The van der Waals surface area contributed by atoms with E-state index in [9.17, 15) is 9.59 Å². The molecule has 0 aliphatic heterocycles.